The highest BCUT2D eigenvalue weighted by Gasteiger charge is 2.08. The number of aliphatic carboxylic acids is 2. The molecule has 0 bridgehead atoms. The molecule has 0 spiro atoms. The zero-order valence-corrected chi connectivity index (χ0v) is 17.3. The molecule has 7 heteroatoms. The van der Waals surface area contributed by atoms with Gasteiger partial charge in [-0.15, -0.1) is 11.6 Å². The van der Waals surface area contributed by atoms with Crippen LogP contribution < -0.4 is 14.7 Å². The summed E-state index contributed by atoms with van der Waals surface area (Å²) in [6.45, 7) is 10.8. The standard InChI is InChI=1S/C18H30ClNO.C2H2O4/c1-4-20(13-8-6-5-7-12-19)14-15-21-18-16(2)10-9-11-17(18)3;3-1(4)2(5)6/h9-11H,4-8,12-15H2,1-3H3;(H,3,4)(H,5,6). The Balaban J connectivity index is 0.000000972. The molecule has 1 aromatic rings. The number of carboxylic acid groups (broad SMARTS) is 2. The number of aryl methyl sites for hydroxylation is 2. The Morgan fingerprint density at radius 2 is 1.67 bits per heavy atom. The molecule has 0 aliphatic rings. The third kappa shape index (κ3) is 12.3. The topological polar surface area (TPSA) is 91.1 Å². The molecule has 1 unspecified atom stereocenters. The van der Waals surface area contributed by atoms with Gasteiger partial charge in [0.15, 0.2) is 5.97 Å². The third-order valence-electron chi connectivity index (χ3n) is 4.20. The van der Waals surface area contributed by atoms with Gasteiger partial charge in [0.25, 0.3) is 0 Å². The Morgan fingerprint density at radius 3 is 2.15 bits per heavy atom. The van der Waals surface area contributed by atoms with Crippen molar-refractivity contribution in [2.24, 2.45) is 0 Å². The summed E-state index contributed by atoms with van der Waals surface area (Å²) in [6, 6.07) is 6.31. The Labute approximate surface area is 167 Å². The summed E-state index contributed by atoms with van der Waals surface area (Å²) in [4.78, 5) is 19.7. The number of unbranched alkanes of at least 4 members (excludes halogenated alkanes) is 3. The van der Waals surface area contributed by atoms with E-state index in [0.29, 0.717) is 0 Å². The van der Waals surface area contributed by atoms with Crippen LogP contribution in [0.4, 0.5) is 0 Å². The molecule has 1 atom stereocenters. The van der Waals surface area contributed by atoms with E-state index in [-0.39, 0.29) is 0 Å². The molecule has 154 valence electrons. The number of likely N-dealkylation sites (N-methyl/N-ethyl adjacent to an activating group) is 1. The fourth-order valence-electron chi connectivity index (χ4n) is 2.63. The first-order valence-corrected chi connectivity index (χ1v) is 9.89. The number of para-hydroxylation sites is 1. The predicted molar refractivity (Wildman–Crippen MR) is 104 cm³/mol. The first kappa shape index (κ1) is 25.2. The number of carbonyl (C=O) groups excluding carboxylic acids is 1. The van der Waals surface area contributed by atoms with Crippen LogP contribution in [0.5, 0.6) is 5.75 Å². The van der Waals surface area contributed by atoms with Crippen molar-refractivity contribution < 1.29 is 29.4 Å². The smallest absolute Gasteiger partial charge is 0.351 e. The fourth-order valence-corrected chi connectivity index (χ4v) is 2.81. The summed E-state index contributed by atoms with van der Waals surface area (Å²) in [6.07, 6.45) is 5.01. The Morgan fingerprint density at radius 1 is 1.11 bits per heavy atom. The second-order valence-electron chi connectivity index (χ2n) is 6.37. The maximum Gasteiger partial charge on any atom is 0.351 e. The first-order valence-electron chi connectivity index (χ1n) is 9.36. The number of quaternary nitrogens is 1. The van der Waals surface area contributed by atoms with Gasteiger partial charge in [0.1, 0.15) is 18.9 Å². The largest absolute Gasteiger partial charge is 0.539 e. The van der Waals surface area contributed by atoms with Crippen LogP contribution in [0, 0.1) is 13.8 Å². The van der Waals surface area contributed by atoms with E-state index in [9.17, 15) is 0 Å². The lowest BCUT2D eigenvalue weighted by atomic mass is 10.1. The molecule has 1 aromatic carbocycles. The molecule has 0 saturated carbocycles. The number of nitrogens with one attached hydrogen (secondary N) is 1. The SMILES string of the molecule is CC[NH+](CCCCCCCl)CCOc1c(C)cccc1C.O=C([O-])C(=O)O. The maximum absolute atomic E-state index is 9.04. The van der Waals surface area contributed by atoms with Crippen LogP contribution in [0.2, 0.25) is 0 Å². The minimum absolute atomic E-state index is 0.800. The van der Waals surface area contributed by atoms with Crippen molar-refractivity contribution in [3.63, 3.8) is 0 Å². The Kier molecular flexibility index (Phi) is 14.3. The molecule has 27 heavy (non-hydrogen) atoms. The molecule has 0 fully saturated rings. The average Bonchev–Trinajstić information content (AvgIpc) is 2.62. The van der Waals surface area contributed by atoms with E-state index in [0.717, 1.165) is 31.2 Å². The normalized spacial score (nSPS) is 11.3. The Hall–Kier alpha value is -1.79. The second-order valence-corrected chi connectivity index (χ2v) is 6.75. The molecule has 2 N–H and O–H groups in total. The van der Waals surface area contributed by atoms with Crippen molar-refractivity contribution in [1.82, 2.24) is 0 Å². The van der Waals surface area contributed by atoms with Crippen LogP contribution in [0.1, 0.15) is 43.7 Å². The van der Waals surface area contributed by atoms with Crippen LogP contribution in [0.25, 0.3) is 0 Å². The van der Waals surface area contributed by atoms with Crippen molar-refractivity contribution in [3.05, 3.63) is 29.3 Å². The molecule has 0 radical (unpaired) electrons. The van der Waals surface area contributed by atoms with Gasteiger partial charge in [-0.3, -0.25) is 0 Å². The lowest BCUT2D eigenvalue weighted by Gasteiger charge is -2.19. The highest BCUT2D eigenvalue weighted by atomic mass is 35.5. The van der Waals surface area contributed by atoms with Crippen LogP contribution in [-0.2, 0) is 9.59 Å². The summed E-state index contributed by atoms with van der Waals surface area (Å²) in [5.41, 5.74) is 2.46. The first-order chi connectivity index (χ1) is 12.8. The van der Waals surface area contributed by atoms with Crippen molar-refractivity contribution in [3.8, 4) is 5.75 Å². The molecular weight excluding hydrogens is 370 g/mol. The predicted octanol–water partition coefficient (Wildman–Crippen LogP) is 1.21. The number of halogens is 1. The van der Waals surface area contributed by atoms with Gasteiger partial charge in [0.05, 0.1) is 13.1 Å². The van der Waals surface area contributed by atoms with E-state index >= 15 is 0 Å². The maximum atomic E-state index is 9.04. The van der Waals surface area contributed by atoms with Gasteiger partial charge in [-0.1, -0.05) is 24.6 Å². The lowest BCUT2D eigenvalue weighted by molar-refractivity contribution is -0.898. The summed E-state index contributed by atoms with van der Waals surface area (Å²) in [5, 5.41) is 16.3. The number of alkyl halides is 1. The highest BCUT2D eigenvalue weighted by molar-refractivity contribution is 6.26. The van der Waals surface area contributed by atoms with Crippen LogP contribution in [-0.4, -0.2) is 49.2 Å². The minimum atomic E-state index is -2.07. The Bertz CT molecular complexity index is 533. The number of ether oxygens (including phenoxy) is 1. The monoisotopic (exact) mass is 401 g/mol. The molecule has 0 aliphatic heterocycles. The summed E-state index contributed by atoms with van der Waals surface area (Å²) in [7, 11) is 0. The number of carbonyl (C=O) groups is 2. The van der Waals surface area contributed by atoms with Gasteiger partial charge in [-0.05, 0) is 51.2 Å². The molecule has 0 saturated heterocycles. The molecule has 6 nitrogen and oxygen atoms in total. The van der Waals surface area contributed by atoms with Crippen LogP contribution in [0.15, 0.2) is 18.2 Å². The number of carboxylic acids is 2. The van der Waals surface area contributed by atoms with Crippen molar-refractivity contribution in [2.75, 3.05) is 32.1 Å². The number of benzene rings is 1. The van der Waals surface area contributed by atoms with Crippen molar-refractivity contribution >= 4 is 23.5 Å². The van der Waals surface area contributed by atoms with E-state index in [1.165, 1.54) is 43.5 Å². The van der Waals surface area contributed by atoms with Crippen molar-refractivity contribution in [1.29, 1.82) is 0 Å². The number of hydrogen-bond acceptors (Lipinski definition) is 4. The average molecular weight is 402 g/mol. The van der Waals surface area contributed by atoms with E-state index in [2.05, 4.69) is 39.0 Å². The van der Waals surface area contributed by atoms with E-state index in [1.54, 1.807) is 4.90 Å². The van der Waals surface area contributed by atoms with Gasteiger partial charge < -0.3 is 24.6 Å². The zero-order valence-electron chi connectivity index (χ0n) is 16.6. The lowest BCUT2D eigenvalue weighted by Crippen LogP contribution is -3.12. The van der Waals surface area contributed by atoms with E-state index in [4.69, 9.17) is 36.1 Å². The van der Waals surface area contributed by atoms with Crippen molar-refractivity contribution in [2.45, 2.75) is 46.5 Å². The minimum Gasteiger partial charge on any atom is -0.539 e. The van der Waals surface area contributed by atoms with Crippen LogP contribution >= 0.6 is 11.6 Å². The molecular formula is C20H32ClNO5. The van der Waals surface area contributed by atoms with E-state index in [1.807, 2.05) is 0 Å². The molecule has 0 heterocycles. The van der Waals surface area contributed by atoms with Gasteiger partial charge in [0.2, 0.25) is 0 Å². The number of hydrogen-bond donors (Lipinski definition) is 2. The summed E-state index contributed by atoms with van der Waals surface area (Å²) < 4.78 is 6.01. The highest BCUT2D eigenvalue weighted by Crippen LogP contribution is 2.21. The van der Waals surface area contributed by atoms with Gasteiger partial charge in [0, 0.05) is 5.88 Å². The molecule has 0 amide bonds. The molecule has 1 rings (SSSR count). The zero-order chi connectivity index (χ0) is 20.7. The second kappa shape index (κ2) is 15.3. The van der Waals surface area contributed by atoms with Crippen LogP contribution in [0.3, 0.4) is 0 Å². The quantitative estimate of drug-likeness (QED) is 0.330. The number of rotatable bonds is 11. The van der Waals surface area contributed by atoms with E-state index < -0.39 is 11.9 Å². The van der Waals surface area contributed by atoms with Gasteiger partial charge >= 0.3 is 5.97 Å². The third-order valence-corrected chi connectivity index (χ3v) is 4.47. The molecule has 0 aliphatic carbocycles. The van der Waals surface area contributed by atoms with Gasteiger partial charge in [-0.25, -0.2) is 4.79 Å². The summed E-state index contributed by atoms with van der Waals surface area (Å²) in [5.74, 6) is -2.14. The fraction of sp³-hybridized carbons (Fsp3) is 0.600. The summed E-state index contributed by atoms with van der Waals surface area (Å²) >= 11 is 5.70. The van der Waals surface area contributed by atoms with Gasteiger partial charge in [-0.2, -0.15) is 0 Å². The molecule has 0 aromatic heterocycles.